The number of rotatable bonds is 6. The molecule has 0 aliphatic heterocycles. The molecule has 1 amide bonds. The topological polar surface area (TPSA) is 20.3 Å². The monoisotopic (exact) mass is 347 g/mol. The molecular formula is C22H21NOS. The summed E-state index contributed by atoms with van der Waals surface area (Å²) < 4.78 is 0. The van der Waals surface area contributed by atoms with E-state index in [2.05, 4.69) is 12.1 Å². The SMILES string of the molecule is CN(Cc1ccccc1)C(=O)c1ccc(CSc2ccccc2)cc1. The van der Waals surface area contributed by atoms with Crippen LogP contribution in [0.3, 0.4) is 0 Å². The summed E-state index contributed by atoms with van der Waals surface area (Å²) in [5, 5.41) is 0. The number of benzene rings is 3. The van der Waals surface area contributed by atoms with Gasteiger partial charge in [-0.1, -0.05) is 60.7 Å². The van der Waals surface area contributed by atoms with Crippen molar-refractivity contribution in [1.29, 1.82) is 0 Å². The maximum Gasteiger partial charge on any atom is 0.253 e. The maximum atomic E-state index is 12.6. The first-order valence-corrected chi connectivity index (χ1v) is 9.27. The number of hydrogen-bond acceptors (Lipinski definition) is 2. The Morgan fingerprint density at radius 1 is 0.800 bits per heavy atom. The van der Waals surface area contributed by atoms with Gasteiger partial charge in [0.05, 0.1) is 0 Å². The molecule has 0 saturated heterocycles. The van der Waals surface area contributed by atoms with Gasteiger partial charge in [-0.25, -0.2) is 0 Å². The third kappa shape index (κ3) is 4.97. The van der Waals surface area contributed by atoms with Crippen LogP contribution in [0.25, 0.3) is 0 Å². The fraction of sp³-hybridized carbons (Fsp3) is 0.136. The van der Waals surface area contributed by atoms with Gasteiger partial charge in [0, 0.05) is 29.8 Å². The predicted molar refractivity (Wildman–Crippen MR) is 105 cm³/mol. The van der Waals surface area contributed by atoms with E-state index in [0.29, 0.717) is 6.54 Å². The minimum absolute atomic E-state index is 0.0473. The third-order valence-corrected chi connectivity index (χ3v) is 5.04. The van der Waals surface area contributed by atoms with Gasteiger partial charge >= 0.3 is 0 Å². The van der Waals surface area contributed by atoms with Crippen LogP contribution in [0.5, 0.6) is 0 Å². The third-order valence-electron chi connectivity index (χ3n) is 3.96. The quantitative estimate of drug-likeness (QED) is 0.568. The zero-order valence-corrected chi connectivity index (χ0v) is 15.1. The Morgan fingerprint density at radius 3 is 2.04 bits per heavy atom. The zero-order chi connectivity index (χ0) is 17.5. The summed E-state index contributed by atoms with van der Waals surface area (Å²) >= 11 is 1.80. The lowest BCUT2D eigenvalue weighted by Crippen LogP contribution is -2.26. The number of carbonyl (C=O) groups is 1. The van der Waals surface area contributed by atoms with E-state index in [4.69, 9.17) is 0 Å². The molecule has 0 aliphatic rings. The lowest BCUT2D eigenvalue weighted by molar-refractivity contribution is 0.0785. The van der Waals surface area contributed by atoms with Crippen molar-refractivity contribution < 1.29 is 4.79 Å². The van der Waals surface area contributed by atoms with Gasteiger partial charge in [-0.2, -0.15) is 0 Å². The predicted octanol–water partition coefficient (Wildman–Crippen LogP) is 5.25. The summed E-state index contributed by atoms with van der Waals surface area (Å²) in [4.78, 5) is 15.6. The van der Waals surface area contributed by atoms with Crippen molar-refractivity contribution in [2.75, 3.05) is 7.05 Å². The van der Waals surface area contributed by atoms with Crippen LogP contribution in [0.15, 0.2) is 89.8 Å². The summed E-state index contributed by atoms with van der Waals surface area (Å²) in [6, 6.07) is 28.3. The first kappa shape index (κ1) is 17.3. The highest BCUT2D eigenvalue weighted by molar-refractivity contribution is 7.98. The molecule has 0 unspecified atom stereocenters. The normalized spacial score (nSPS) is 10.4. The van der Waals surface area contributed by atoms with Gasteiger partial charge in [-0.3, -0.25) is 4.79 Å². The van der Waals surface area contributed by atoms with Gasteiger partial charge in [0.25, 0.3) is 5.91 Å². The average Bonchev–Trinajstić information content (AvgIpc) is 2.68. The van der Waals surface area contributed by atoms with Crippen molar-refractivity contribution in [1.82, 2.24) is 4.90 Å². The molecule has 0 saturated carbocycles. The molecule has 2 nitrogen and oxygen atoms in total. The van der Waals surface area contributed by atoms with Crippen LogP contribution in [0.2, 0.25) is 0 Å². The smallest absolute Gasteiger partial charge is 0.253 e. The van der Waals surface area contributed by atoms with Crippen molar-refractivity contribution in [3.8, 4) is 0 Å². The standard InChI is InChI=1S/C22H21NOS/c1-23(16-18-8-4-2-5-9-18)22(24)20-14-12-19(13-15-20)17-25-21-10-6-3-7-11-21/h2-15H,16-17H2,1H3. The Bertz CT molecular complexity index is 800. The molecule has 0 aliphatic carbocycles. The second-order valence-electron chi connectivity index (χ2n) is 5.95. The van der Waals surface area contributed by atoms with Crippen molar-refractivity contribution >= 4 is 17.7 Å². The van der Waals surface area contributed by atoms with Gasteiger partial charge in [-0.05, 0) is 35.4 Å². The summed E-state index contributed by atoms with van der Waals surface area (Å²) in [5.74, 6) is 0.948. The molecule has 0 heterocycles. The Kier molecular flexibility index (Phi) is 5.91. The maximum absolute atomic E-state index is 12.6. The van der Waals surface area contributed by atoms with Crippen LogP contribution >= 0.6 is 11.8 Å². The summed E-state index contributed by atoms with van der Waals surface area (Å²) in [7, 11) is 1.84. The van der Waals surface area contributed by atoms with E-state index >= 15 is 0 Å². The second-order valence-corrected chi connectivity index (χ2v) is 6.99. The largest absolute Gasteiger partial charge is 0.337 e. The zero-order valence-electron chi connectivity index (χ0n) is 14.3. The van der Waals surface area contributed by atoms with Gasteiger partial charge < -0.3 is 4.90 Å². The molecule has 0 fully saturated rings. The molecule has 25 heavy (non-hydrogen) atoms. The van der Waals surface area contributed by atoms with E-state index in [1.807, 2.05) is 79.8 Å². The molecule has 0 bridgehead atoms. The number of thioether (sulfide) groups is 1. The van der Waals surface area contributed by atoms with Crippen LogP contribution in [-0.4, -0.2) is 17.9 Å². The van der Waals surface area contributed by atoms with E-state index in [9.17, 15) is 4.79 Å². The van der Waals surface area contributed by atoms with E-state index < -0.39 is 0 Å². The average molecular weight is 347 g/mol. The molecule has 3 rings (SSSR count). The summed E-state index contributed by atoms with van der Waals surface area (Å²) in [5.41, 5.74) is 3.08. The molecule has 3 aromatic carbocycles. The van der Waals surface area contributed by atoms with Gasteiger partial charge in [0.15, 0.2) is 0 Å². The Morgan fingerprint density at radius 2 is 1.40 bits per heavy atom. The second kappa shape index (κ2) is 8.54. The van der Waals surface area contributed by atoms with Crippen molar-refractivity contribution in [3.63, 3.8) is 0 Å². The number of amides is 1. The van der Waals surface area contributed by atoms with Crippen LogP contribution in [-0.2, 0) is 12.3 Å². The molecule has 3 aromatic rings. The van der Waals surface area contributed by atoms with Crippen molar-refractivity contribution in [2.45, 2.75) is 17.2 Å². The van der Waals surface area contributed by atoms with E-state index in [0.717, 1.165) is 16.9 Å². The summed E-state index contributed by atoms with van der Waals surface area (Å²) in [6.45, 7) is 0.616. The minimum atomic E-state index is 0.0473. The van der Waals surface area contributed by atoms with Crippen molar-refractivity contribution in [3.05, 3.63) is 102 Å². The number of carbonyl (C=O) groups excluding carboxylic acids is 1. The molecule has 0 spiro atoms. The molecule has 3 heteroatoms. The Balaban J connectivity index is 1.58. The molecule has 0 aromatic heterocycles. The molecule has 0 radical (unpaired) electrons. The van der Waals surface area contributed by atoms with E-state index in [1.54, 1.807) is 16.7 Å². The van der Waals surface area contributed by atoms with Gasteiger partial charge in [0.1, 0.15) is 0 Å². The molecule has 0 N–H and O–H groups in total. The lowest BCUT2D eigenvalue weighted by atomic mass is 10.1. The fourth-order valence-corrected chi connectivity index (χ4v) is 3.45. The number of nitrogens with zero attached hydrogens (tertiary/aromatic N) is 1. The van der Waals surface area contributed by atoms with E-state index in [-0.39, 0.29) is 5.91 Å². The van der Waals surface area contributed by atoms with Crippen LogP contribution in [0.4, 0.5) is 0 Å². The molecular weight excluding hydrogens is 326 g/mol. The Hall–Kier alpha value is -2.52. The fourth-order valence-electron chi connectivity index (χ4n) is 2.58. The van der Waals surface area contributed by atoms with Crippen LogP contribution in [0, 0.1) is 0 Å². The highest BCUT2D eigenvalue weighted by Crippen LogP contribution is 2.22. The van der Waals surface area contributed by atoms with Gasteiger partial charge in [0.2, 0.25) is 0 Å². The highest BCUT2D eigenvalue weighted by atomic mass is 32.2. The first-order chi connectivity index (χ1) is 12.2. The van der Waals surface area contributed by atoms with Crippen LogP contribution in [0.1, 0.15) is 21.5 Å². The van der Waals surface area contributed by atoms with E-state index in [1.165, 1.54) is 10.5 Å². The van der Waals surface area contributed by atoms with Gasteiger partial charge in [-0.15, -0.1) is 11.8 Å². The number of hydrogen-bond donors (Lipinski definition) is 0. The minimum Gasteiger partial charge on any atom is -0.337 e. The highest BCUT2D eigenvalue weighted by Gasteiger charge is 2.11. The Labute approximate surface area is 153 Å². The van der Waals surface area contributed by atoms with Crippen LogP contribution < -0.4 is 0 Å². The molecule has 126 valence electrons. The lowest BCUT2D eigenvalue weighted by Gasteiger charge is -2.17. The van der Waals surface area contributed by atoms with Crippen molar-refractivity contribution in [2.24, 2.45) is 0 Å². The summed E-state index contributed by atoms with van der Waals surface area (Å²) in [6.07, 6.45) is 0. The molecule has 0 atom stereocenters. The first-order valence-electron chi connectivity index (χ1n) is 8.28.